The Kier molecular flexibility index (Phi) is 4.36. The quantitative estimate of drug-likeness (QED) is 0.743. The third-order valence-electron chi connectivity index (χ3n) is 2.63. The van der Waals surface area contributed by atoms with E-state index < -0.39 is 0 Å². The molecule has 1 unspecified atom stereocenters. The Morgan fingerprint density at radius 3 is 2.50 bits per heavy atom. The Balaban J connectivity index is 2.84. The van der Waals surface area contributed by atoms with Crippen LogP contribution in [0, 0.1) is 13.8 Å². The lowest BCUT2D eigenvalue weighted by Gasteiger charge is -2.18. The summed E-state index contributed by atoms with van der Waals surface area (Å²) >= 11 is 5.87. The third kappa shape index (κ3) is 3.24. The molecular weight excluding hydrogens is 222 g/mol. The standard InChI is InChI=1S/C13H18ClNO/c1-9-5-6-12(7-10(9)2)13(16)15(4)8-11(3)14/h5-7,11H,8H2,1-4H3. The maximum atomic E-state index is 12.0. The average Bonchev–Trinajstić information content (AvgIpc) is 2.20. The first-order chi connectivity index (χ1) is 7.41. The van der Waals surface area contributed by atoms with Crippen LogP contribution in [0.5, 0.6) is 0 Å². The Bertz CT molecular complexity index is 388. The number of rotatable bonds is 3. The molecule has 0 fully saturated rings. The van der Waals surface area contributed by atoms with E-state index in [1.54, 1.807) is 11.9 Å². The smallest absolute Gasteiger partial charge is 0.253 e. The van der Waals surface area contributed by atoms with Crippen LogP contribution in [0.25, 0.3) is 0 Å². The highest BCUT2D eigenvalue weighted by Gasteiger charge is 2.13. The molecule has 88 valence electrons. The molecule has 0 aliphatic carbocycles. The highest BCUT2D eigenvalue weighted by atomic mass is 35.5. The number of halogens is 1. The fraction of sp³-hybridized carbons (Fsp3) is 0.462. The van der Waals surface area contributed by atoms with E-state index in [2.05, 4.69) is 0 Å². The molecule has 0 aromatic heterocycles. The number of aryl methyl sites for hydroxylation is 2. The molecule has 1 rings (SSSR count). The minimum Gasteiger partial charge on any atom is -0.340 e. The summed E-state index contributed by atoms with van der Waals surface area (Å²) < 4.78 is 0. The summed E-state index contributed by atoms with van der Waals surface area (Å²) in [5, 5.41) is -0.0273. The molecule has 0 aliphatic heterocycles. The first-order valence-corrected chi connectivity index (χ1v) is 5.82. The molecule has 0 spiro atoms. The topological polar surface area (TPSA) is 20.3 Å². The van der Waals surface area contributed by atoms with Crippen LogP contribution in [-0.2, 0) is 0 Å². The Morgan fingerprint density at radius 2 is 2.00 bits per heavy atom. The van der Waals surface area contributed by atoms with E-state index >= 15 is 0 Å². The summed E-state index contributed by atoms with van der Waals surface area (Å²) in [6.45, 7) is 6.49. The lowest BCUT2D eigenvalue weighted by Crippen LogP contribution is -2.31. The molecule has 0 bridgehead atoms. The van der Waals surface area contributed by atoms with Crippen LogP contribution in [0.4, 0.5) is 0 Å². The van der Waals surface area contributed by atoms with Gasteiger partial charge in [0, 0.05) is 24.5 Å². The maximum absolute atomic E-state index is 12.0. The summed E-state index contributed by atoms with van der Waals surface area (Å²) in [5.74, 6) is 0.0237. The van der Waals surface area contributed by atoms with Crippen molar-refractivity contribution in [2.24, 2.45) is 0 Å². The van der Waals surface area contributed by atoms with Gasteiger partial charge in [-0.2, -0.15) is 0 Å². The van der Waals surface area contributed by atoms with E-state index in [1.807, 2.05) is 39.0 Å². The van der Waals surface area contributed by atoms with Gasteiger partial charge < -0.3 is 4.90 Å². The van der Waals surface area contributed by atoms with Crippen molar-refractivity contribution in [1.82, 2.24) is 4.90 Å². The predicted molar refractivity (Wildman–Crippen MR) is 68.2 cm³/mol. The van der Waals surface area contributed by atoms with Gasteiger partial charge in [0.15, 0.2) is 0 Å². The molecule has 1 atom stereocenters. The summed E-state index contributed by atoms with van der Waals surface area (Å²) in [5.41, 5.74) is 3.06. The van der Waals surface area contributed by atoms with Gasteiger partial charge >= 0.3 is 0 Å². The second-order valence-corrected chi connectivity index (χ2v) is 5.01. The molecule has 0 N–H and O–H groups in total. The number of benzene rings is 1. The SMILES string of the molecule is Cc1ccc(C(=O)N(C)CC(C)Cl)cc1C. The van der Waals surface area contributed by atoms with Crippen LogP contribution < -0.4 is 0 Å². The molecule has 1 aromatic carbocycles. The largest absolute Gasteiger partial charge is 0.340 e. The van der Waals surface area contributed by atoms with Gasteiger partial charge in [0.25, 0.3) is 5.91 Å². The Morgan fingerprint density at radius 1 is 1.38 bits per heavy atom. The molecule has 16 heavy (non-hydrogen) atoms. The van der Waals surface area contributed by atoms with Gasteiger partial charge in [-0.05, 0) is 44.0 Å². The van der Waals surface area contributed by atoms with Gasteiger partial charge in [-0.1, -0.05) is 6.07 Å². The second-order valence-electron chi connectivity index (χ2n) is 4.27. The first-order valence-electron chi connectivity index (χ1n) is 5.38. The van der Waals surface area contributed by atoms with Crippen molar-refractivity contribution in [2.75, 3.05) is 13.6 Å². The Labute approximate surface area is 102 Å². The molecule has 1 aromatic rings. The van der Waals surface area contributed by atoms with Gasteiger partial charge in [0.2, 0.25) is 0 Å². The number of carbonyl (C=O) groups is 1. The molecule has 0 saturated carbocycles. The number of hydrogen-bond acceptors (Lipinski definition) is 1. The molecule has 3 heteroatoms. The van der Waals surface area contributed by atoms with E-state index in [0.717, 1.165) is 11.1 Å². The lowest BCUT2D eigenvalue weighted by atomic mass is 10.1. The van der Waals surface area contributed by atoms with Crippen molar-refractivity contribution in [1.29, 1.82) is 0 Å². The fourth-order valence-electron chi connectivity index (χ4n) is 1.56. The number of amides is 1. The van der Waals surface area contributed by atoms with Crippen molar-refractivity contribution < 1.29 is 4.79 Å². The van der Waals surface area contributed by atoms with Crippen LogP contribution in [0.3, 0.4) is 0 Å². The predicted octanol–water partition coefficient (Wildman–Crippen LogP) is 3.00. The van der Waals surface area contributed by atoms with Gasteiger partial charge in [0.1, 0.15) is 0 Å². The molecule has 1 amide bonds. The highest BCUT2D eigenvalue weighted by Crippen LogP contribution is 2.12. The first kappa shape index (κ1) is 13.0. The van der Waals surface area contributed by atoms with Gasteiger partial charge in [-0.3, -0.25) is 4.79 Å². The summed E-state index contributed by atoms with van der Waals surface area (Å²) in [6.07, 6.45) is 0. The molecular formula is C13H18ClNO. The average molecular weight is 240 g/mol. The van der Waals surface area contributed by atoms with Crippen LogP contribution in [0.1, 0.15) is 28.4 Å². The summed E-state index contributed by atoms with van der Waals surface area (Å²) in [7, 11) is 1.77. The highest BCUT2D eigenvalue weighted by molar-refractivity contribution is 6.20. The number of nitrogens with zero attached hydrogens (tertiary/aromatic N) is 1. The van der Waals surface area contributed by atoms with Crippen LogP contribution in [0.2, 0.25) is 0 Å². The van der Waals surface area contributed by atoms with Gasteiger partial charge in [-0.15, -0.1) is 11.6 Å². The van der Waals surface area contributed by atoms with E-state index in [9.17, 15) is 4.79 Å². The van der Waals surface area contributed by atoms with Crippen molar-refractivity contribution in [3.8, 4) is 0 Å². The van der Waals surface area contributed by atoms with Crippen molar-refractivity contribution in [3.63, 3.8) is 0 Å². The van der Waals surface area contributed by atoms with Crippen LogP contribution in [0.15, 0.2) is 18.2 Å². The number of hydrogen-bond donors (Lipinski definition) is 0. The minimum absolute atomic E-state index is 0.0237. The normalized spacial score (nSPS) is 12.3. The minimum atomic E-state index is -0.0273. The molecule has 2 nitrogen and oxygen atoms in total. The number of carbonyl (C=O) groups excluding carboxylic acids is 1. The van der Waals surface area contributed by atoms with E-state index in [1.165, 1.54) is 5.56 Å². The van der Waals surface area contributed by atoms with E-state index in [4.69, 9.17) is 11.6 Å². The molecule has 0 saturated heterocycles. The monoisotopic (exact) mass is 239 g/mol. The zero-order chi connectivity index (χ0) is 12.3. The van der Waals surface area contributed by atoms with Crippen LogP contribution in [-0.4, -0.2) is 29.8 Å². The van der Waals surface area contributed by atoms with Gasteiger partial charge in [0.05, 0.1) is 0 Å². The summed E-state index contributed by atoms with van der Waals surface area (Å²) in [4.78, 5) is 13.7. The van der Waals surface area contributed by atoms with Crippen molar-refractivity contribution in [2.45, 2.75) is 26.1 Å². The lowest BCUT2D eigenvalue weighted by molar-refractivity contribution is 0.0796. The zero-order valence-electron chi connectivity index (χ0n) is 10.2. The molecule has 0 radical (unpaired) electrons. The number of alkyl halides is 1. The fourth-order valence-corrected chi connectivity index (χ4v) is 1.76. The van der Waals surface area contributed by atoms with Crippen LogP contribution >= 0.6 is 11.6 Å². The summed E-state index contributed by atoms with van der Waals surface area (Å²) in [6, 6.07) is 5.76. The molecule has 0 heterocycles. The van der Waals surface area contributed by atoms with Crippen molar-refractivity contribution >= 4 is 17.5 Å². The maximum Gasteiger partial charge on any atom is 0.253 e. The zero-order valence-corrected chi connectivity index (χ0v) is 11.0. The third-order valence-corrected chi connectivity index (χ3v) is 2.76. The van der Waals surface area contributed by atoms with Gasteiger partial charge in [-0.25, -0.2) is 0 Å². The Hall–Kier alpha value is -1.02. The van der Waals surface area contributed by atoms with E-state index in [-0.39, 0.29) is 11.3 Å². The van der Waals surface area contributed by atoms with Crippen molar-refractivity contribution in [3.05, 3.63) is 34.9 Å². The second kappa shape index (κ2) is 5.35. The van der Waals surface area contributed by atoms with E-state index in [0.29, 0.717) is 6.54 Å². The molecule has 0 aliphatic rings.